The first-order valence-corrected chi connectivity index (χ1v) is 10.1. The van der Waals surface area contributed by atoms with Crippen molar-refractivity contribution in [1.82, 2.24) is 20.1 Å². The van der Waals surface area contributed by atoms with E-state index < -0.39 is 17.5 Å². The fourth-order valence-corrected chi connectivity index (χ4v) is 3.92. The second-order valence-electron chi connectivity index (χ2n) is 7.73. The van der Waals surface area contributed by atoms with Gasteiger partial charge in [-0.15, -0.1) is 0 Å². The van der Waals surface area contributed by atoms with Crippen molar-refractivity contribution in [3.05, 3.63) is 54.4 Å². The summed E-state index contributed by atoms with van der Waals surface area (Å²) in [5.41, 5.74) is 0.232. The summed E-state index contributed by atoms with van der Waals surface area (Å²) in [5, 5.41) is 2.68. The summed E-state index contributed by atoms with van der Waals surface area (Å²) in [6.07, 6.45) is 1.57. The normalized spacial score (nSPS) is 21.3. The number of pyridine rings is 1. The van der Waals surface area contributed by atoms with Crippen LogP contribution in [0.1, 0.15) is 12.6 Å². The van der Waals surface area contributed by atoms with E-state index in [1.807, 2.05) is 24.3 Å². The predicted molar refractivity (Wildman–Crippen MR) is 114 cm³/mol. The van der Waals surface area contributed by atoms with Gasteiger partial charge in [-0.1, -0.05) is 6.07 Å². The van der Waals surface area contributed by atoms with Crippen LogP contribution in [0.2, 0.25) is 0 Å². The summed E-state index contributed by atoms with van der Waals surface area (Å²) < 4.78 is 5.19. The Morgan fingerprint density at radius 1 is 1.10 bits per heavy atom. The van der Waals surface area contributed by atoms with Crippen LogP contribution in [-0.2, 0) is 15.1 Å². The van der Waals surface area contributed by atoms with E-state index in [-0.39, 0.29) is 12.5 Å². The Bertz CT molecular complexity index is 973. The SMILES string of the molecule is COc1ccc(N2CCN(C(=O)CN3C(=O)NC(C)(c4ccccn4)C3=O)CC2)cc1. The van der Waals surface area contributed by atoms with Crippen molar-refractivity contribution in [2.75, 3.05) is 44.7 Å². The van der Waals surface area contributed by atoms with Crippen LogP contribution in [0.4, 0.5) is 10.5 Å². The van der Waals surface area contributed by atoms with Gasteiger partial charge in [-0.05, 0) is 43.3 Å². The number of carbonyl (C=O) groups excluding carboxylic acids is 3. The Labute approximate surface area is 180 Å². The Balaban J connectivity index is 1.36. The van der Waals surface area contributed by atoms with Crippen molar-refractivity contribution < 1.29 is 19.1 Å². The quantitative estimate of drug-likeness (QED) is 0.727. The van der Waals surface area contributed by atoms with Gasteiger partial charge in [0.25, 0.3) is 5.91 Å². The number of amides is 4. The van der Waals surface area contributed by atoms with Crippen molar-refractivity contribution in [1.29, 1.82) is 0 Å². The lowest BCUT2D eigenvalue weighted by Gasteiger charge is -2.36. The maximum atomic E-state index is 13.0. The van der Waals surface area contributed by atoms with E-state index in [1.54, 1.807) is 43.3 Å². The number of imide groups is 1. The number of rotatable bonds is 5. The highest BCUT2D eigenvalue weighted by Gasteiger charge is 2.50. The number of anilines is 1. The molecule has 0 saturated carbocycles. The van der Waals surface area contributed by atoms with Crippen LogP contribution >= 0.6 is 0 Å². The molecular weight excluding hydrogens is 398 g/mol. The Morgan fingerprint density at radius 2 is 1.81 bits per heavy atom. The Kier molecular flexibility index (Phi) is 5.50. The number of nitrogens with one attached hydrogen (secondary N) is 1. The molecule has 2 fully saturated rings. The zero-order valence-electron chi connectivity index (χ0n) is 17.6. The zero-order chi connectivity index (χ0) is 22.0. The van der Waals surface area contributed by atoms with Gasteiger partial charge in [0.2, 0.25) is 5.91 Å². The second-order valence-corrected chi connectivity index (χ2v) is 7.73. The Hall–Kier alpha value is -3.62. The number of nitrogens with zero attached hydrogens (tertiary/aromatic N) is 4. The maximum Gasteiger partial charge on any atom is 0.325 e. The number of piperazine rings is 1. The van der Waals surface area contributed by atoms with E-state index in [1.165, 1.54) is 0 Å². The number of hydrogen-bond donors (Lipinski definition) is 1. The number of benzene rings is 1. The molecule has 1 aromatic carbocycles. The van der Waals surface area contributed by atoms with Crippen LogP contribution in [0, 0.1) is 0 Å². The predicted octanol–water partition coefficient (Wildman–Crippen LogP) is 1.21. The van der Waals surface area contributed by atoms with E-state index in [0.29, 0.717) is 31.9 Å². The van der Waals surface area contributed by atoms with Gasteiger partial charge >= 0.3 is 6.03 Å². The largest absolute Gasteiger partial charge is 0.497 e. The number of methoxy groups -OCH3 is 1. The first-order chi connectivity index (χ1) is 14.9. The summed E-state index contributed by atoms with van der Waals surface area (Å²) in [6, 6.07) is 12.4. The minimum Gasteiger partial charge on any atom is -0.497 e. The van der Waals surface area contributed by atoms with Crippen molar-refractivity contribution >= 4 is 23.5 Å². The molecule has 31 heavy (non-hydrogen) atoms. The van der Waals surface area contributed by atoms with Gasteiger partial charge < -0.3 is 19.9 Å². The van der Waals surface area contributed by atoms with Crippen molar-refractivity contribution in [2.24, 2.45) is 0 Å². The Morgan fingerprint density at radius 3 is 2.42 bits per heavy atom. The molecule has 9 nitrogen and oxygen atoms in total. The smallest absolute Gasteiger partial charge is 0.325 e. The molecule has 4 rings (SSSR count). The molecule has 1 atom stereocenters. The molecule has 162 valence electrons. The van der Waals surface area contributed by atoms with E-state index in [9.17, 15) is 14.4 Å². The van der Waals surface area contributed by atoms with E-state index in [0.717, 1.165) is 16.3 Å². The molecule has 2 aliphatic rings. The first-order valence-electron chi connectivity index (χ1n) is 10.1. The van der Waals surface area contributed by atoms with Crippen LogP contribution in [-0.4, -0.2) is 72.5 Å². The van der Waals surface area contributed by atoms with Crippen LogP contribution in [0.5, 0.6) is 5.75 Å². The molecule has 2 aromatic rings. The van der Waals surface area contributed by atoms with Crippen LogP contribution < -0.4 is 15.0 Å². The highest BCUT2D eigenvalue weighted by atomic mass is 16.5. The lowest BCUT2D eigenvalue weighted by Crippen LogP contribution is -2.52. The summed E-state index contributed by atoms with van der Waals surface area (Å²) in [5.74, 6) is 0.0772. The van der Waals surface area contributed by atoms with E-state index >= 15 is 0 Å². The van der Waals surface area contributed by atoms with Gasteiger partial charge in [-0.3, -0.25) is 19.5 Å². The van der Waals surface area contributed by atoms with Crippen molar-refractivity contribution in [3.8, 4) is 5.75 Å². The maximum absolute atomic E-state index is 13.0. The lowest BCUT2D eigenvalue weighted by atomic mass is 9.97. The molecular formula is C22H25N5O4. The molecule has 0 aliphatic carbocycles. The van der Waals surface area contributed by atoms with Crippen LogP contribution in [0.3, 0.4) is 0 Å². The summed E-state index contributed by atoms with van der Waals surface area (Å²) >= 11 is 0. The first kappa shape index (κ1) is 20.6. The zero-order valence-corrected chi connectivity index (χ0v) is 17.6. The average Bonchev–Trinajstić information content (AvgIpc) is 3.03. The van der Waals surface area contributed by atoms with Crippen LogP contribution in [0.15, 0.2) is 48.7 Å². The third-order valence-corrected chi connectivity index (χ3v) is 5.82. The van der Waals surface area contributed by atoms with Gasteiger partial charge in [0.05, 0.1) is 12.8 Å². The minimum absolute atomic E-state index is 0.247. The van der Waals surface area contributed by atoms with Crippen molar-refractivity contribution in [3.63, 3.8) is 0 Å². The van der Waals surface area contributed by atoms with Gasteiger partial charge in [0, 0.05) is 38.1 Å². The molecule has 2 aliphatic heterocycles. The summed E-state index contributed by atoms with van der Waals surface area (Å²) in [4.78, 5) is 47.3. The second kappa shape index (κ2) is 8.25. The number of carbonyl (C=O) groups is 3. The minimum atomic E-state index is -1.27. The molecule has 1 aromatic heterocycles. The molecule has 0 bridgehead atoms. The van der Waals surface area contributed by atoms with Gasteiger partial charge in [0.1, 0.15) is 12.3 Å². The molecule has 0 spiro atoms. The number of ether oxygens (including phenoxy) is 1. The molecule has 9 heteroatoms. The molecule has 0 radical (unpaired) electrons. The molecule has 1 unspecified atom stereocenters. The van der Waals surface area contributed by atoms with Gasteiger partial charge in [0.15, 0.2) is 5.54 Å². The number of aromatic nitrogens is 1. The molecule has 4 amide bonds. The highest BCUT2D eigenvalue weighted by molar-refractivity contribution is 6.08. The van der Waals surface area contributed by atoms with Crippen LogP contribution in [0.25, 0.3) is 0 Å². The number of urea groups is 1. The topological polar surface area (TPSA) is 95.1 Å². The van der Waals surface area contributed by atoms with Crippen molar-refractivity contribution in [2.45, 2.75) is 12.5 Å². The van der Waals surface area contributed by atoms with E-state index in [2.05, 4.69) is 15.2 Å². The standard InChI is InChI=1S/C22H25N5O4/c1-22(18-5-3-4-10-23-18)20(29)27(21(30)24-22)15-19(28)26-13-11-25(12-14-26)16-6-8-17(31-2)9-7-16/h3-10H,11-15H2,1-2H3,(H,24,30). The average molecular weight is 423 g/mol. The summed E-state index contributed by atoms with van der Waals surface area (Å²) in [7, 11) is 1.63. The number of hydrogen-bond acceptors (Lipinski definition) is 6. The summed E-state index contributed by atoms with van der Waals surface area (Å²) in [6.45, 7) is 3.70. The molecule has 1 N–H and O–H groups in total. The van der Waals surface area contributed by atoms with Gasteiger partial charge in [-0.2, -0.15) is 0 Å². The molecule has 3 heterocycles. The third kappa shape index (κ3) is 3.90. The molecule has 2 saturated heterocycles. The fraction of sp³-hybridized carbons (Fsp3) is 0.364. The fourth-order valence-electron chi connectivity index (χ4n) is 3.92. The third-order valence-electron chi connectivity index (χ3n) is 5.82. The van der Waals surface area contributed by atoms with E-state index in [4.69, 9.17) is 4.74 Å². The monoisotopic (exact) mass is 423 g/mol. The van der Waals surface area contributed by atoms with Gasteiger partial charge in [-0.25, -0.2) is 4.79 Å². The highest BCUT2D eigenvalue weighted by Crippen LogP contribution is 2.27. The lowest BCUT2D eigenvalue weighted by molar-refractivity contribution is -0.139.